The number of rotatable bonds is 3. The molecule has 94 valence electrons. The van der Waals surface area contributed by atoms with Crippen LogP contribution >= 0.6 is 15.9 Å². The molecule has 0 radical (unpaired) electrons. The van der Waals surface area contributed by atoms with E-state index < -0.39 is 0 Å². The van der Waals surface area contributed by atoms with Crippen LogP contribution in [0.1, 0.15) is 41.0 Å². The molecule has 0 bridgehead atoms. The predicted octanol–water partition coefficient (Wildman–Crippen LogP) is 4.79. The van der Waals surface area contributed by atoms with Gasteiger partial charge in [-0.1, -0.05) is 40.2 Å². The number of nitriles is 1. The molecule has 0 spiro atoms. The van der Waals surface area contributed by atoms with E-state index in [0.29, 0.717) is 0 Å². The number of benzene rings is 2. The van der Waals surface area contributed by atoms with Crippen LogP contribution in [-0.4, -0.2) is 0 Å². The molecular weight excluding hydrogens is 298 g/mol. The summed E-state index contributed by atoms with van der Waals surface area (Å²) in [6.45, 7) is 0. The van der Waals surface area contributed by atoms with Gasteiger partial charge in [-0.15, -0.1) is 0 Å². The Morgan fingerprint density at radius 1 is 1.11 bits per heavy atom. The molecule has 1 aliphatic rings. The Kier molecular flexibility index (Phi) is 3.40. The largest absolute Gasteiger partial charge is 0.192 e. The summed E-state index contributed by atoms with van der Waals surface area (Å²) in [5.74, 6) is 0.801. The van der Waals surface area contributed by atoms with Gasteiger partial charge in [0.15, 0.2) is 0 Å². The van der Waals surface area contributed by atoms with Crippen molar-refractivity contribution in [3.05, 3.63) is 69.2 Å². The Bertz CT molecular complexity index is 633. The Morgan fingerprint density at radius 3 is 2.47 bits per heavy atom. The molecule has 2 heteroatoms. The van der Waals surface area contributed by atoms with Gasteiger partial charge < -0.3 is 0 Å². The van der Waals surface area contributed by atoms with E-state index in [2.05, 4.69) is 46.3 Å². The number of nitrogens with zero attached hydrogens (tertiary/aromatic N) is 1. The van der Waals surface area contributed by atoms with Gasteiger partial charge in [-0.2, -0.15) is 5.26 Å². The van der Waals surface area contributed by atoms with Crippen LogP contribution in [0.5, 0.6) is 0 Å². The second-order valence-electron chi connectivity index (χ2n) is 5.11. The van der Waals surface area contributed by atoms with E-state index in [1.54, 1.807) is 0 Å². The molecule has 0 amide bonds. The van der Waals surface area contributed by atoms with Crippen molar-refractivity contribution >= 4 is 15.9 Å². The molecule has 0 saturated heterocycles. The highest BCUT2D eigenvalue weighted by atomic mass is 79.9. The van der Waals surface area contributed by atoms with Crippen LogP contribution in [0, 0.1) is 11.3 Å². The lowest BCUT2D eigenvalue weighted by Gasteiger charge is -2.06. The minimum atomic E-state index is 0.759. The van der Waals surface area contributed by atoms with Crippen molar-refractivity contribution in [1.82, 2.24) is 0 Å². The van der Waals surface area contributed by atoms with Crippen LogP contribution in [0.15, 0.2) is 46.9 Å². The van der Waals surface area contributed by atoms with Crippen molar-refractivity contribution in [2.75, 3.05) is 0 Å². The molecule has 0 heterocycles. The second kappa shape index (κ2) is 5.19. The average molecular weight is 312 g/mol. The smallest absolute Gasteiger partial charge is 0.0994 e. The van der Waals surface area contributed by atoms with Crippen molar-refractivity contribution in [1.29, 1.82) is 5.26 Å². The normalized spacial score (nSPS) is 14.1. The fourth-order valence-electron chi connectivity index (χ4n) is 2.36. The maximum atomic E-state index is 9.15. The van der Waals surface area contributed by atoms with Gasteiger partial charge in [0.2, 0.25) is 0 Å². The molecule has 0 N–H and O–H groups in total. The molecule has 1 aliphatic carbocycles. The summed E-state index contributed by atoms with van der Waals surface area (Å²) in [5.41, 5.74) is 4.56. The summed E-state index contributed by atoms with van der Waals surface area (Å²) >= 11 is 3.47. The lowest BCUT2D eigenvalue weighted by atomic mass is 9.99. The predicted molar refractivity (Wildman–Crippen MR) is 80.1 cm³/mol. The summed E-state index contributed by atoms with van der Waals surface area (Å²) in [7, 11) is 0. The highest BCUT2D eigenvalue weighted by Gasteiger charge is 2.22. The molecule has 1 fully saturated rings. The van der Waals surface area contributed by atoms with Crippen molar-refractivity contribution < 1.29 is 0 Å². The molecule has 0 aromatic heterocycles. The van der Waals surface area contributed by atoms with E-state index in [1.807, 2.05) is 18.2 Å². The third-order valence-electron chi connectivity index (χ3n) is 3.61. The summed E-state index contributed by atoms with van der Waals surface area (Å²) in [5, 5.41) is 9.15. The topological polar surface area (TPSA) is 23.8 Å². The average Bonchev–Trinajstić information content (AvgIpc) is 3.24. The van der Waals surface area contributed by atoms with Crippen molar-refractivity contribution in [3.8, 4) is 6.07 Å². The van der Waals surface area contributed by atoms with E-state index in [9.17, 15) is 0 Å². The third kappa shape index (κ3) is 2.88. The van der Waals surface area contributed by atoms with Gasteiger partial charge in [0.1, 0.15) is 0 Å². The van der Waals surface area contributed by atoms with Crippen LogP contribution in [0.3, 0.4) is 0 Å². The van der Waals surface area contributed by atoms with E-state index in [-0.39, 0.29) is 0 Å². The van der Waals surface area contributed by atoms with Crippen molar-refractivity contribution in [2.24, 2.45) is 0 Å². The number of halogens is 1. The maximum Gasteiger partial charge on any atom is 0.0994 e. The molecule has 0 atom stereocenters. The molecule has 0 unspecified atom stereocenters. The maximum absolute atomic E-state index is 9.15. The molecule has 2 aromatic carbocycles. The molecule has 1 saturated carbocycles. The van der Waals surface area contributed by atoms with Gasteiger partial charge in [0.25, 0.3) is 0 Å². The van der Waals surface area contributed by atoms with Gasteiger partial charge in [-0.05, 0) is 60.1 Å². The van der Waals surface area contributed by atoms with E-state index in [4.69, 9.17) is 5.26 Å². The standard InChI is InChI=1S/C17H14BrN/c18-17-8-7-15(11-19)16(10-17)9-12-1-3-13(4-2-12)14-5-6-14/h1-4,7-8,10,14H,5-6,9H2. The van der Waals surface area contributed by atoms with Crippen molar-refractivity contribution in [3.63, 3.8) is 0 Å². The van der Waals surface area contributed by atoms with Gasteiger partial charge in [0, 0.05) is 4.47 Å². The Labute approximate surface area is 122 Å². The molecule has 3 rings (SSSR count). The molecule has 19 heavy (non-hydrogen) atoms. The summed E-state index contributed by atoms with van der Waals surface area (Å²) in [6, 6.07) is 16.9. The Morgan fingerprint density at radius 2 is 1.84 bits per heavy atom. The molecular formula is C17H14BrN. The van der Waals surface area contributed by atoms with Gasteiger partial charge in [-0.3, -0.25) is 0 Å². The lowest BCUT2D eigenvalue weighted by Crippen LogP contribution is -1.93. The number of hydrogen-bond acceptors (Lipinski definition) is 1. The van der Waals surface area contributed by atoms with Crippen LogP contribution in [0.25, 0.3) is 0 Å². The first-order valence-electron chi connectivity index (χ1n) is 6.53. The number of hydrogen-bond donors (Lipinski definition) is 0. The fraction of sp³-hybridized carbons (Fsp3) is 0.235. The van der Waals surface area contributed by atoms with Crippen LogP contribution in [0.2, 0.25) is 0 Å². The first kappa shape index (κ1) is 12.4. The minimum absolute atomic E-state index is 0.759. The summed E-state index contributed by atoms with van der Waals surface area (Å²) in [4.78, 5) is 0. The zero-order valence-corrected chi connectivity index (χ0v) is 12.2. The molecule has 1 nitrogen and oxygen atoms in total. The van der Waals surface area contributed by atoms with Gasteiger partial charge in [-0.25, -0.2) is 0 Å². The Balaban J connectivity index is 1.84. The highest BCUT2D eigenvalue weighted by molar-refractivity contribution is 9.10. The van der Waals surface area contributed by atoms with Crippen LogP contribution in [0.4, 0.5) is 0 Å². The summed E-state index contributed by atoms with van der Waals surface area (Å²) in [6.07, 6.45) is 3.49. The van der Waals surface area contributed by atoms with E-state index in [1.165, 1.54) is 24.0 Å². The highest BCUT2D eigenvalue weighted by Crippen LogP contribution is 2.40. The first-order valence-corrected chi connectivity index (χ1v) is 7.33. The molecule has 0 aliphatic heterocycles. The lowest BCUT2D eigenvalue weighted by molar-refractivity contribution is 1.11. The zero-order valence-electron chi connectivity index (χ0n) is 10.6. The first-order chi connectivity index (χ1) is 9.26. The minimum Gasteiger partial charge on any atom is -0.192 e. The van der Waals surface area contributed by atoms with E-state index >= 15 is 0 Å². The second-order valence-corrected chi connectivity index (χ2v) is 6.02. The zero-order chi connectivity index (χ0) is 13.2. The van der Waals surface area contributed by atoms with E-state index in [0.717, 1.165) is 27.9 Å². The van der Waals surface area contributed by atoms with Crippen LogP contribution < -0.4 is 0 Å². The van der Waals surface area contributed by atoms with Crippen molar-refractivity contribution in [2.45, 2.75) is 25.2 Å². The third-order valence-corrected chi connectivity index (χ3v) is 4.10. The van der Waals surface area contributed by atoms with Crippen LogP contribution in [-0.2, 0) is 6.42 Å². The summed E-state index contributed by atoms with van der Waals surface area (Å²) < 4.78 is 1.02. The van der Waals surface area contributed by atoms with Gasteiger partial charge in [0.05, 0.1) is 11.6 Å². The monoisotopic (exact) mass is 311 g/mol. The molecule has 2 aromatic rings. The Hall–Kier alpha value is -1.59. The SMILES string of the molecule is N#Cc1ccc(Br)cc1Cc1ccc(C2CC2)cc1. The van der Waals surface area contributed by atoms with Gasteiger partial charge >= 0.3 is 0 Å². The quantitative estimate of drug-likeness (QED) is 0.799. The fourth-order valence-corrected chi connectivity index (χ4v) is 2.77.